The van der Waals surface area contributed by atoms with Crippen LogP contribution in [0.4, 0.5) is 4.79 Å². The van der Waals surface area contributed by atoms with Crippen molar-refractivity contribution in [3.05, 3.63) is 35.9 Å². The van der Waals surface area contributed by atoms with Gasteiger partial charge in [0.1, 0.15) is 6.61 Å². The lowest BCUT2D eigenvalue weighted by molar-refractivity contribution is 0.137. The summed E-state index contributed by atoms with van der Waals surface area (Å²) in [6, 6.07) is 10.1. The molecule has 0 aromatic heterocycles. The standard InChI is InChI=1S/C15H22N2O2/c1-12-7-8-14(16-9-12)10-17-15(18)19-11-13-5-3-2-4-6-13/h2-6,12,14,16H,7-11H2,1H3,(H,17,18)/t12-,14-/m0/s1. The van der Waals surface area contributed by atoms with E-state index in [4.69, 9.17) is 4.74 Å². The van der Waals surface area contributed by atoms with Crippen molar-refractivity contribution in [2.24, 2.45) is 5.92 Å². The summed E-state index contributed by atoms with van der Waals surface area (Å²) in [6.45, 7) is 4.23. The van der Waals surface area contributed by atoms with Crippen LogP contribution in [0, 0.1) is 5.92 Å². The normalized spacial score (nSPS) is 22.8. The molecule has 1 aliphatic heterocycles. The smallest absolute Gasteiger partial charge is 0.407 e. The summed E-state index contributed by atoms with van der Waals surface area (Å²) in [5.74, 6) is 0.737. The molecule has 0 saturated carbocycles. The molecule has 2 rings (SSSR count). The van der Waals surface area contributed by atoms with Crippen molar-refractivity contribution in [3.8, 4) is 0 Å². The Morgan fingerprint density at radius 3 is 2.84 bits per heavy atom. The molecule has 1 heterocycles. The lowest BCUT2D eigenvalue weighted by Gasteiger charge is -2.27. The molecule has 104 valence electrons. The lowest BCUT2D eigenvalue weighted by atomic mass is 9.96. The molecule has 1 aromatic rings. The molecule has 1 amide bonds. The Morgan fingerprint density at radius 2 is 2.16 bits per heavy atom. The SMILES string of the molecule is C[C@H]1CC[C@@H](CNC(=O)OCc2ccccc2)NC1. The van der Waals surface area contributed by atoms with E-state index >= 15 is 0 Å². The molecular formula is C15H22N2O2. The van der Waals surface area contributed by atoms with Crippen LogP contribution in [-0.4, -0.2) is 25.2 Å². The summed E-state index contributed by atoms with van der Waals surface area (Å²) in [5.41, 5.74) is 1.00. The topological polar surface area (TPSA) is 50.4 Å². The quantitative estimate of drug-likeness (QED) is 0.875. The maximum Gasteiger partial charge on any atom is 0.407 e. The summed E-state index contributed by atoms with van der Waals surface area (Å²) in [4.78, 5) is 11.6. The first-order chi connectivity index (χ1) is 9.24. The Morgan fingerprint density at radius 1 is 1.37 bits per heavy atom. The van der Waals surface area contributed by atoms with E-state index in [1.165, 1.54) is 6.42 Å². The molecule has 0 radical (unpaired) electrons. The fourth-order valence-electron chi connectivity index (χ4n) is 2.21. The van der Waals surface area contributed by atoms with Crippen molar-refractivity contribution < 1.29 is 9.53 Å². The van der Waals surface area contributed by atoms with Crippen molar-refractivity contribution in [2.75, 3.05) is 13.1 Å². The molecule has 1 fully saturated rings. The number of hydrogen-bond acceptors (Lipinski definition) is 3. The Kier molecular flexibility index (Phi) is 5.21. The average Bonchev–Trinajstić information content (AvgIpc) is 2.45. The number of carbonyl (C=O) groups is 1. The van der Waals surface area contributed by atoms with Crippen molar-refractivity contribution in [1.82, 2.24) is 10.6 Å². The van der Waals surface area contributed by atoms with E-state index in [0.29, 0.717) is 19.2 Å². The second-order valence-corrected chi connectivity index (χ2v) is 5.23. The number of nitrogens with one attached hydrogen (secondary N) is 2. The third-order valence-corrected chi connectivity index (χ3v) is 3.47. The Bertz CT molecular complexity index is 386. The zero-order valence-corrected chi connectivity index (χ0v) is 11.4. The van der Waals surface area contributed by atoms with Gasteiger partial charge in [0.05, 0.1) is 0 Å². The highest BCUT2D eigenvalue weighted by atomic mass is 16.5. The van der Waals surface area contributed by atoms with Gasteiger partial charge in [-0.15, -0.1) is 0 Å². The second kappa shape index (κ2) is 7.14. The number of piperidine rings is 1. The molecule has 1 aromatic carbocycles. The summed E-state index contributed by atoms with van der Waals surface area (Å²) >= 11 is 0. The highest BCUT2D eigenvalue weighted by Crippen LogP contribution is 2.12. The maximum absolute atomic E-state index is 11.6. The van der Waals surface area contributed by atoms with Crippen LogP contribution in [0.5, 0.6) is 0 Å². The van der Waals surface area contributed by atoms with Gasteiger partial charge in [0.15, 0.2) is 0 Å². The highest BCUT2D eigenvalue weighted by molar-refractivity contribution is 5.67. The third-order valence-electron chi connectivity index (χ3n) is 3.47. The highest BCUT2D eigenvalue weighted by Gasteiger charge is 2.17. The van der Waals surface area contributed by atoms with E-state index in [9.17, 15) is 4.79 Å². The predicted molar refractivity (Wildman–Crippen MR) is 74.8 cm³/mol. The van der Waals surface area contributed by atoms with Gasteiger partial charge < -0.3 is 15.4 Å². The molecule has 0 aliphatic carbocycles. The van der Waals surface area contributed by atoms with Gasteiger partial charge in [0.2, 0.25) is 0 Å². The molecule has 0 unspecified atom stereocenters. The minimum atomic E-state index is -0.343. The van der Waals surface area contributed by atoms with Crippen LogP contribution in [0.2, 0.25) is 0 Å². The van der Waals surface area contributed by atoms with Crippen LogP contribution in [0.1, 0.15) is 25.3 Å². The third kappa shape index (κ3) is 4.91. The molecule has 19 heavy (non-hydrogen) atoms. The van der Waals surface area contributed by atoms with E-state index in [1.54, 1.807) is 0 Å². The molecule has 1 aliphatic rings. The van der Waals surface area contributed by atoms with Crippen LogP contribution < -0.4 is 10.6 Å². The van der Waals surface area contributed by atoms with Gasteiger partial charge in [-0.05, 0) is 30.9 Å². The Labute approximate surface area is 114 Å². The van der Waals surface area contributed by atoms with Crippen LogP contribution in [0.3, 0.4) is 0 Å². The average molecular weight is 262 g/mol. The molecule has 1 saturated heterocycles. The van der Waals surface area contributed by atoms with E-state index in [2.05, 4.69) is 17.6 Å². The number of ether oxygens (including phenoxy) is 1. The van der Waals surface area contributed by atoms with E-state index < -0.39 is 0 Å². The van der Waals surface area contributed by atoms with Gasteiger partial charge in [-0.1, -0.05) is 37.3 Å². The van der Waals surface area contributed by atoms with Gasteiger partial charge in [0, 0.05) is 12.6 Å². The Balaban J connectivity index is 1.62. The van der Waals surface area contributed by atoms with Crippen LogP contribution in [0.25, 0.3) is 0 Å². The summed E-state index contributed by atoms with van der Waals surface area (Å²) in [6.07, 6.45) is 1.99. The fraction of sp³-hybridized carbons (Fsp3) is 0.533. The van der Waals surface area contributed by atoms with Crippen LogP contribution in [-0.2, 0) is 11.3 Å². The first-order valence-corrected chi connectivity index (χ1v) is 6.92. The van der Waals surface area contributed by atoms with E-state index in [1.807, 2.05) is 30.3 Å². The molecule has 2 atom stereocenters. The zero-order chi connectivity index (χ0) is 13.5. The summed E-state index contributed by atoms with van der Waals surface area (Å²) in [5, 5.41) is 6.24. The maximum atomic E-state index is 11.6. The van der Waals surface area contributed by atoms with Crippen molar-refractivity contribution >= 4 is 6.09 Å². The van der Waals surface area contributed by atoms with Crippen molar-refractivity contribution in [2.45, 2.75) is 32.4 Å². The van der Waals surface area contributed by atoms with Crippen molar-refractivity contribution in [1.29, 1.82) is 0 Å². The molecule has 2 N–H and O–H groups in total. The molecule has 4 heteroatoms. The molecule has 4 nitrogen and oxygen atoms in total. The number of alkyl carbamates (subject to hydrolysis) is 1. The van der Waals surface area contributed by atoms with Gasteiger partial charge in [-0.3, -0.25) is 0 Å². The van der Waals surface area contributed by atoms with Gasteiger partial charge in [0.25, 0.3) is 0 Å². The predicted octanol–water partition coefficient (Wildman–Crippen LogP) is 2.30. The van der Waals surface area contributed by atoms with Crippen molar-refractivity contribution in [3.63, 3.8) is 0 Å². The molecular weight excluding hydrogens is 240 g/mol. The minimum absolute atomic E-state index is 0.321. The molecule has 0 spiro atoms. The fourth-order valence-corrected chi connectivity index (χ4v) is 2.21. The minimum Gasteiger partial charge on any atom is -0.445 e. The summed E-state index contributed by atoms with van der Waals surface area (Å²) in [7, 11) is 0. The summed E-state index contributed by atoms with van der Waals surface area (Å²) < 4.78 is 5.16. The first-order valence-electron chi connectivity index (χ1n) is 6.92. The number of benzene rings is 1. The lowest BCUT2D eigenvalue weighted by Crippen LogP contribution is -2.45. The number of rotatable bonds is 4. The first kappa shape index (κ1) is 13.9. The van der Waals surface area contributed by atoms with Gasteiger partial charge in [-0.25, -0.2) is 4.79 Å². The van der Waals surface area contributed by atoms with Gasteiger partial charge in [-0.2, -0.15) is 0 Å². The largest absolute Gasteiger partial charge is 0.445 e. The monoisotopic (exact) mass is 262 g/mol. The Hall–Kier alpha value is -1.55. The zero-order valence-electron chi connectivity index (χ0n) is 11.4. The van der Waals surface area contributed by atoms with Crippen LogP contribution in [0.15, 0.2) is 30.3 Å². The molecule has 0 bridgehead atoms. The van der Waals surface area contributed by atoms with E-state index in [-0.39, 0.29) is 6.09 Å². The number of carbonyl (C=O) groups excluding carboxylic acids is 1. The van der Waals surface area contributed by atoms with Crippen LogP contribution >= 0.6 is 0 Å². The number of amides is 1. The second-order valence-electron chi connectivity index (χ2n) is 5.23. The van der Waals surface area contributed by atoms with E-state index in [0.717, 1.165) is 24.4 Å². The number of hydrogen-bond donors (Lipinski definition) is 2. The van der Waals surface area contributed by atoms with Gasteiger partial charge >= 0.3 is 6.09 Å².